The molecule has 3 aromatic carbocycles. The summed E-state index contributed by atoms with van der Waals surface area (Å²) >= 11 is 0. The summed E-state index contributed by atoms with van der Waals surface area (Å²) in [6.07, 6.45) is 0. The van der Waals surface area contributed by atoms with Crippen molar-refractivity contribution in [2.75, 3.05) is 36.9 Å². The molecule has 1 aliphatic rings. The molecule has 14 heteroatoms. The van der Waals surface area contributed by atoms with Crippen LogP contribution < -0.4 is 10.6 Å². The Balaban J connectivity index is 1.60. The van der Waals surface area contributed by atoms with Crippen LogP contribution in [0.4, 0.5) is 28.4 Å². The van der Waals surface area contributed by atoms with Crippen molar-refractivity contribution in [3.63, 3.8) is 0 Å². The van der Waals surface area contributed by atoms with Gasteiger partial charge in [-0.05, 0) is 43.3 Å². The Hall–Kier alpha value is -4.40. The quantitative estimate of drug-likeness (QED) is 0.317. The molecule has 0 radical (unpaired) electrons. The SMILES string of the molecule is Cc1ccc(Nc2c([N+](=O)[O-])cc(C(=O)Nc3ccc(S(=O)(=O)N4CCOCC4)cc3)cc2[N+](=O)[O-])cc1. The summed E-state index contributed by atoms with van der Waals surface area (Å²) in [5, 5.41) is 28.8. The average Bonchev–Trinajstić information content (AvgIpc) is 2.90. The number of nitrogens with one attached hydrogen (secondary N) is 2. The first-order valence-corrected chi connectivity index (χ1v) is 12.8. The molecular formula is C24H23N5O8S. The molecule has 1 aliphatic heterocycles. The summed E-state index contributed by atoms with van der Waals surface area (Å²) in [7, 11) is -3.74. The lowest BCUT2D eigenvalue weighted by atomic mass is 10.1. The number of nitro benzene ring substituents is 2. The standard InChI is InChI=1S/C24H23N5O8S/c1-16-2-4-18(5-3-16)25-23-21(28(31)32)14-17(15-22(23)29(33)34)24(30)26-19-6-8-20(9-7-19)38(35,36)27-10-12-37-13-11-27/h2-9,14-15,25H,10-13H2,1H3,(H,26,30). The van der Waals surface area contributed by atoms with Gasteiger partial charge in [-0.15, -0.1) is 0 Å². The van der Waals surface area contributed by atoms with Gasteiger partial charge in [0, 0.05) is 36.6 Å². The molecule has 0 aromatic heterocycles. The van der Waals surface area contributed by atoms with Crippen molar-refractivity contribution in [1.29, 1.82) is 0 Å². The van der Waals surface area contributed by atoms with Gasteiger partial charge in [-0.2, -0.15) is 4.31 Å². The lowest BCUT2D eigenvalue weighted by Crippen LogP contribution is -2.40. The van der Waals surface area contributed by atoms with Crippen molar-refractivity contribution >= 4 is 44.4 Å². The topological polar surface area (TPSA) is 174 Å². The van der Waals surface area contributed by atoms with Gasteiger partial charge in [0.25, 0.3) is 5.91 Å². The van der Waals surface area contributed by atoms with E-state index in [1.54, 1.807) is 24.3 Å². The number of hydrogen-bond donors (Lipinski definition) is 2. The number of rotatable bonds is 8. The average molecular weight is 542 g/mol. The van der Waals surface area contributed by atoms with Crippen LogP contribution in [0.3, 0.4) is 0 Å². The van der Waals surface area contributed by atoms with E-state index in [0.717, 1.165) is 17.7 Å². The van der Waals surface area contributed by atoms with Crippen molar-refractivity contribution < 1.29 is 27.8 Å². The highest BCUT2D eigenvalue weighted by Crippen LogP contribution is 2.38. The van der Waals surface area contributed by atoms with Gasteiger partial charge in [0.15, 0.2) is 5.69 Å². The van der Waals surface area contributed by atoms with Gasteiger partial charge in [0.05, 0.1) is 33.5 Å². The first-order valence-electron chi connectivity index (χ1n) is 11.4. The molecule has 1 fully saturated rings. The van der Waals surface area contributed by atoms with Crippen LogP contribution in [-0.4, -0.2) is 54.8 Å². The van der Waals surface area contributed by atoms with Crippen LogP contribution in [0.5, 0.6) is 0 Å². The molecule has 0 atom stereocenters. The van der Waals surface area contributed by atoms with E-state index in [4.69, 9.17) is 4.74 Å². The zero-order valence-electron chi connectivity index (χ0n) is 20.1. The Morgan fingerprint density at radius 2 is 1.42 bits per heavy atom. The number of carbonyl (C=O) groups is 1. The van der Waals surface area contributed by atoms with Crippen molar-refractivity contribution in [3.05, 3.63) is 92.0 Å². The van der Waals surface area contributed by atoms with Gasteiger partial charge >= 0.3 is 11.4 Å². The van der Waals surface area contributed by atoms with Crippen molar-refractivity contribution in [2.24, 2.45) is 0 Å². The lowest BCUT2D eigenvalue weighted by molar-refractivity contribution is -0.392. The summed E-state index contributed by atoms with van der Waals surface area (Å²) in [6, 6.07) is 14.0. The number of nitro groups is 2. The maximum atomic E-state index is 12.9. The van der Waals surface area contributed by atoms with Gasteiger partial charge in [-0.25, -0.2) is 8.42 Å². The molecule has 0 bridgehead atoms. The number of ether oxygens (including phenoxy) is 1. The number of sulfonamides is 1. The summed E-state index contributed by atoms with van der Waals surface area (Å²) in [6.45, 7) is 2.90. The van der Waals surface area contributed by atoms with Gasteiger partial charge in [0.2, 0.25) is 10.0 Å². The van der Waals surface area contributed by atoms with Gasteiger partial charge < -0.3 is 15.4 Å². The Morgan fingerprint density at radius 3 is 1.95 bits per heavy atom. The van der Waals surface area contributed by atoms with Crippen LogP contribution in [0, 0.1) is 27.2 Å². The van der Waals surface area contributed by atoms with E-state index in [2.05, 4.69) is 10.6 Å². The third-order valence-electron chi connectivity index (χ3n) is 5.79. The Labute approximate surface area is 217 Å². The third kappa shape index (κ3) is 5.77. The minimum absolute atomic E-state index is 0.0233. The van der Waals surface area contributed by atoms with Crippen molar-refractivity contribution in [3.8, 4) is 0 Å². The number of hydrogen-bond acceptors (Lipinski definition) is 9. The highest BCUT2D eigenvalue weighted by Gasteiger charge is 2.29. The number of aryl methyl sites for hydroxylation is 1. The summed E-state index contributed by atoms with van der Waals surface area (Å²) in [4.78, 5) is 34.8. The summed E-state index contributed by atoms with van der Waals surface area (Å²) in [5.41, 5.74) is -0.470. The first kappa shape index (κ1) is 26.7. The predicted octanol–water partition coefficient (Wildman–Crippen LogP) is 3.83. The molecule has 0 aliphatic carbocycles. The van der Waals surface area contributed by atoms with Gasteiger partial charge in [-0.3, -0.25) is 25.0 Å². The smallest absolute Gasteiger partial charge is 0.300 e. The fourth-order valence-electron chi connectivity index (χ4n) is 3.79. The number of anilines is 3. The number of carbonyl (C=O) groups excluding carboxylic acids is 1. The zero-order chi connectivity index (χ0) is 27.4. The minimum atomic E-state index is -3.74. The van der Waals surface area contributed by atoms with Crippen molar-refractivity contribution in [1.82, 2.24) is 4.31 Å². The molecule has 0 unspecified atom stereocenters. The van der Waals surface area contributed by atoms with E-state index in [-0.39, 0.29) is 34.9 Å². The second kappa shape index (κ2) is 10.9. The molecule has 1 heterocycles. The Bertz CT molecular complexity index is 1450. The number of amides is 1. The third-order valence-corrected chi connectivity index (χ3v) is 7.71. The molecule has 0 saturated carbocycles. The van der Waals surface area contributed by atoms with E-state index in [0.29, 0.717) is 18.9 Å². The highest BCUT2D eigenvalue weighted by molar-refractivity contribution is 7.89. The molecule has 1 amide bonds. The van der Waals surface area contributed by atoms with E-state index in [9.17, 15) is 33.4 Å². The first-order chi connectivity index (χ1) is 18.1. The van der Waals surface area contributed by atoms with Crippen LogP contribution in [0.2, 0.25) is 0 Å². The summed E-state index contributed by atoms with van der Waals surface area (Å²) < 4.78 is 32.0. The van der Waals surface area contributed by atoms with E-state index >= 15 is 0 Å². The van der Waals surface area contributed by atoms with E-state index in [1.807, 2.05) is 6.92 Å². The van der Waals surface area contributed by atoms with Crippen LogP contribution in [0.15, 0.2) is 65.6 Å². The molecule has 0 spiro atoms. The molecule has 38 heavy (non-hydrogen) atoms. The lowest BCUT2D eigenvalue weighted by Gasteiger charge is -2.26. The highest BCUT2D eigenvalue weighted by atomic mass is 32.2. The van der Waals surface area contributed by atoms with Gasteiger partial charge in [-0.1, -0.05) is 17.7 Å². The van der Waals surface area contributed by atoms with Crippen LogP contribution in [0.25, 0.3) is 0 Å². The molecule has 198 valence electrons. The largest absolute Gasteiger partial charge is 0.379 e. The fourth-order valence-corrected chi connectivity index (χ4v) is 5.20. The second-order valence-corrected chi connectivity index (χ2v) is 10.3. The zero-order valence-corrected chi connectivity index (χ0v) is 20.9. The maximum Gasteiger partial charge on any atom is 0.300 e. The normalized spacial score (nSPS) is 14.0. The Morgan fingerprint density at radius 1 is 0.895 bits per heavy atom. The van der Waals surface area contributed by atoms with Gasteiger partial charge in [0.1, 0.15) is 0 Å². The van der Waals surface area contributed by atoms with Crippen LogP contribution >= 0.6 is 0 Å². The maximum absolute atomic E-state index is 12.9. The molecule has 1 saturated heterocycles. The van der Waals surface area contributed by atoms with Crippen molar-refractivity contribution in [2.45, 2.75) is 11.8 Å². The number of nitrogens with zero attached hydrogens (tertiary/aromatic N) is 3. The minimum Gasteiger partial charge on any atom is -0.379 e. The fraction of sp³-hybridized carbons (Fsp3) is 0.208. The molecule has 2 N–H and O–H groups in total. The van der Waals surface area contributed by atoms with E-state index in [1.165, 1.54) is 28.6 Å². The number of morpholine rings is 1. The Kier molecular flexibility index (Phi) is 7.66. The van der Waals surface area contributed by atoms with E-state index < -0.39 is 37.2 Å². The monoisotopic (exact) mass is 541 g/mol. The summed E-state index contributed by atoms with van der Waals surface area (Å²) in [5.74, 6) is -0.845. The molecule has 4 rings (SSSR count). The second-order valence-electron chi connectivity index (χ2n) is 8.39. The van der Waals surface area contributed by atoms with Crippen LogP contribution in [-0.2, 0) is 14.8 Å². The molecular weight excluding hydrogens is 518 g/mol. The predicted molar refractivity (Wildman–Crippen MR) is 138 cm³/mol. The number of benzene rings is 3. The molecule has 13 nitrogen and oxygen atoms in total. The molecule has 3 aromatic rings. The van der Waals surface area contributed by atoms with Crippen LogP contribution in [0.1, 0.15) is 15.9 Å².